The number of thioether (sulfide) groups is 1. The first-order valence-corrected chi connectivity index (χ1v) is 12.4. The number of aromatic nitrogens is 3. The molecular formula is C26H24ClN5O4S. The maximum absolute atomic E-state index is 12.6. The molecule has 1 heterocycles. The Kier molecular flexibility index (Phi) is 8.32. The molecule has 4 aromatic rings. The molecular weight excluding hydrogens is 514 g/mol. The van der Waals surface area contributed by atoms with Gasteiger partial charge in [-0.15, -0.1) is 10.2 Å². The van der Waals surface area contributed by atoms with Gasteiger partial charge in [-0.3, -0.25) is 9.36 Å². The van der Waals surface area contributed by atoms with E-state index >= 15 is 0 Å². The Labute approximate surface area is 223 Å². The van der Waals surface area contributed by atoms with Gasteiger partial charge in [0.15, 0.2) is 22.5 Å². The molecule has 0 fully saturated rings. The lowest BCUT2D eigenvalue weighted by atomic mass is 10.1. The third-order valence-corrected chi connectivity index (χ3v) is 6.53. The number of benzene rings is 3. The summed E-state index contributed by atoms with van der Waals surface area (Å²) in [5, 5.41) is 23.8. The predicted molar refractivity (Wildman–Crippen MR) is 144 cm³/mol. The van der Waals surface area contributed by atoms with Crippen LogP contribution in [0.3, 0.4) is 0 Å². The number of hydrazone groups is 1. The number of amides is 1. The van der Waals surface area contributed by atoms with E-state index in [0.29, 0.717) is 33.0 Å². The second kappa shape index (κ2) is 11.8. The van der Waals surface area contributed by atoms with E-state index in [0.717, 1.165) is 17.0 Å². The molecule has 1 amide bonds. The number of methoxy groups -OCH3 is 2. The van der Waals surface area contributed by atoms with E-state index < -0.39 is 0 Å². The van der Waals surface area contributed by atoms with Gasteiger partial charge in [-0.1, -0.05) is 23.4 Å². The van der Waals surface area contributed by atoms with Crippen molar-refractivity contribution in [3.8, 4) is 34.3 Å². The normalized spacial score (nSPS) is 11.3. The summed E-state index contributed by atoms with van der Waals surface area (Å²) in [5.74, 6) is 1.44. The third-order valence-electron chi connectivity index (χ3n) is 5.34. The Morgan fingerprint density at radius 3 is 2.46 bits per heavy atom. The molecule has 9 nitrogen and oxygen atoms in total. The average Bonchev–Trinajstić information content (AvgIpc) is 3.35. The number of halogens is 1. The van der Waals surface area contributed by atoms with Crippen molar-refractivity contribution >= 4 is 35.0 Å². The number of rotatable bonds is 9. The molecule has 2 N–H and O–H groups in total. The van der Waals surface area contributed by atoms with E-state index in [1.807, 2.05) is 41.0 Å². The highest BCUT2D eigenvalue weighted by atomic mass is 35.5. The van der Waals surface area contributed by atoms with Gasteiger partial charge in [0.25, 0.3) is 5.91 Å². The van der Waals surface area contributed by atoms with Crippen molar-refractivity contribution in [2.24, 2.45) is 5.10 Å². The fourth-order valence-corrected chi connectivity index (χ4v) is 4.26. The van der Waals surface area contributed by atoms with Gasteiger partial charge >= 0.3 is 0 Å². The van der Waals surface area contributed by atoms with Crippen LogP contribution < -0.4 is 14.9 Å². The summed E-state index contributed by atoms with van der Waals surface area (Å²) in [7, 11) is 3.07. The maximum Gasteiger partial charge on any atom is 0.250 e. The highest BCUT2D eigenvalue weighted by Crippen LogP contribution is 2.30. The number of carbonyl (C=O) groups is 1. The SMILES string of the molecule is COc1ccc(-c2nnc(SCC(=O)N/N=C(/C)c3ccc(O)c(OC)c3)n2-c2ccc(Cl)cc2)cc1. The molecule has 0 aliphatic rings. The van der Waals surface area contributed by atoms with Crippen molar-refractivity contribution in [1.82, 2.24) is 20.2 Å². The first kappa shape index (κ1) is 26.1. The van der Waals surface area contributed by atoms with E-state index in [1.54, 1.807) is 38.3 Å². The van der Waals surface area contributed by atoms with Crippen molar-refractivity contribution < 1.29 is 19.4 Å². The summed E-state index contributed by atoms with van der Waals surface area (Å²) >= 11 is 7.32. The molecule has 1 aromatic heterocycles. The highest BCUT2D eigenvalue weighted by Gasteiger charge is 2.17. The molecule has 0 unspecified atom stereocenters. The minimum Gasteiger partial charge on any atom is -0.504 e. The first-order valence-electron chi connectivity index (χ1n) is 11.1. The molecule has 4 rings (SSSR count). The fraction of sp³-hybridized carbons (Fsp3) is 0.154. The zero-order chi connectivity index (χ0) is 26.4. The molecule has 37 heavy (non-hydrogen) atoms. The van der Waals surface area contributed by atoms with E-state index in [9.17, 15) is 9.90 Å². The fourth-order valence-electron chi connectivity index (χ4n) is 3.39. The van der Waals surface area contributed by atoms with Gasteiger partial charge in [-0.2, -0.15) is 5.10 Å². The van der Waals surface area contributed by atoms with Crippen LogP contribution in [0, 0.1) is 0 Å². The van der Waals surface area contributed by atoms with Crippen LogP contribution in [0.1, 0.15) is 12.5 Å². The standard InChI is InChI=1S/C26H24ClN5O4S/c1-16(18-6-13-22(33)23(14-18)36-3)28-29-24(34)15-37-26-31-30-25(17-4-11-21(35-2)12-5-17)32(26)20-9-7-19(27)8-10-20/h4-14,33H,15H2,1-3H3,(H,29,34)/b28-16-. The number of ether oxygens (including phenoxy) is 2. The number of carbonyl (C=O) groups excluding carboxylic acids is 1. The molecule has 0 bridgehead atoms. The lowest BCUT2D eigenvalue weighted by Crippen LogP contribution is -2.21. The Balaban J connectivity index is 1.52. The Bertz CT molecular complexity index is 1420. The van der Waals surface area contributed by atoms with Crippen LogP contribution in [0.25, 0.3) is 17.1 Å². The predicted octanol–water partition coefficient (Wildman–Crippen LogP) is 4.94. The monoisotopic (exact) mass is 537 g/mol. The zero-order valence-electron chi connectivity index (χ0n) is 20.3. The summed E-state index contributed by atoms with van der Waals surface area (Å²) in [6.07, 6.45) is 0. The Hall–Kier alpha value is -4.02. The van der Waals surface area contributed by atoms with Crippen LogP contribution >= 0.6 is 23.4 Å². The summed E-state index contributed by atoms with van der Waals surface area (Å²) < 4.78 is 12.2. The van der Waals surface area contributed by atoms with Gasteiger partial charge in [0.2, 0.25) is 0 Å². The van der Waals surface area contributed by atoms with Crippen LogP contribution in [-0.4, -0.2) is 51.5 Å². The minimum absolute atomic E-state index is 0.0262. The van der Waals surface area contributed by atoms with Crippen LogP contribution in [0.15, 0.2) is 77.0 Å². The van der Waals surface area contributed by atoms with Crippen molar-refractivity contribution in [2.45, 2.75) is 12.1 Å². The summed E-state index contributed by atoms with van der Waals surface area (Å²) in [5.41, 5.74) is 5.46. The Morgan fingerprint density at radius 2 is 1.78 bits per heavy atom. The topological polar surface area (TPSA) is 111 Å². The molecule has 0 saturated carbocycles. The quantitative estimate of drug-likeness (QED) is 0.177. The van der Waals surface area contributed by atoms with Crippen molar-refractivity contribution in [3.05, 3.63) is 77.3 Å². The van der Waals surface area contributed by atoms with Crippen LogP contribution in [0.2, 0.25) is 5.02 Å². The van der Waals surface area contributed by atoms with E-state index in [4.69, 9.17) is 21.1 Å². The Morgan fingerprint density at radius 1 is 1.05 bits per heavy atom. The molecule has 3 aromatic carbocycles. The smallest absolute Gasteiger partial charge is 0.250 e. The highest BCUT2D eigenvalue weighted by molar-refractivity contribution is 7.99. The third kappa shape index (κ3) is 6.22. The van der Waals surface area contributed by atoms with Crippen LogP contribution in [0.4, 0.5) is 0 Å². The van der Waals surface area contributed by atoms with Gasteiger partial charge in [0.1, 0.15) is 5.75 Å². The molecule has 0 saturated heterocycles. The van der Waals surface area contributed by atoms with Gasteiger partial charge in [-0.25, -0.2) is 5.43 Å². The molecule has 0 aliphatic heterocycles. The second-order valence-corrected chi connectivity index (χ2v) is 9.13. The van der Waals surface area contributed by atoms with Gasteiger partial charge in [-0.05, 0) is 73.7 Å². The van der Waals surface area contributed by atoms with Gasteiger partial charge < -0.3 is 14.6 Å². The number of nitrogens with one attached hydrogen (secondary N) is 1. The van der Waals surface area contributed by atoms with E-state index in [1.165, 1.54) is 24.9 Å². The molecule has 0 radical (unpaired) electrons. The first-order chi connectivity index (χ1) is 17.9. The summed E-state index contributed by atoms with van der Waals surface area (Å²) in [4.78, 5) is 12.6. The van der Waals surface area contributed by atoms with Crippen molar-refractivity contribution in [1.29, 1.82) is 0 Å². The van der Waals surface area contributed by atoms with Crippen molar-refractivity contribution in [3.63, 3.8) is 0 Å². The molecule has 11 heteroatoms. The maximum atomic E-state index is 12.6. The lowest BCUT2D eigenvalue weighted by Gasteiger charge is -2.11. The number of aromatic hydroxyl groups is 1. The number of nitrogens with zero attached hydrogens (tertiary/aromatic N) is 4. The molecule has 190 valence electrons. The minimum atomic E-state index is -0.313. The summed E-state index contributed by atoms with van der Waals surface area (Å²) in [6, 6.07) is 19.6. The van der Waals surface area contributed by atoms with Gasteiger partial charge in [0, 0.05) is 21.8 Å². The number of hydrogen-bond acceptors (Lipinski definition) is 8. The van der Waals surface area contributed by atoms with E-state index in [-0.39, 0.29) is 17.4 Å². The zero-order valence-corrected chi connectivity index (χ0v) is 21.9. The largest absolute Gasteiger partial charge is 0.504 e. The van der Waals surface area contributed by atoms with E-state index in [2.05, 4.69) is 20.7 Å². The number of phenols is 1. The van der Waals surface area contributed by atoms with Crippen molar-refractivity contribution in [2.75, 3.05) is 20.0 Å². The average molecular weight is 538 g/mol. The lowest BCUT2D eigenvalue weighted by molar-refractivity contribution is -0.118. The summed E-state index contributed by atoms with van der Waals surface area (Å²) in [6.45, 7) is 1.75. The van der Waals surface area contributed by atoms with Crippen LogP contribution in [-0.2, 0) is 4.79 Å². The second-order valence-electron chi connectivity index (χ2n) is 7.75. The molecule has 0 spiro atoms. The number of phenolic OH excluding ortho intramolecular Hbond substituents is 1. The molecule has 0 atom stereocenters. The number of hydrogen-bond donors (Lipinski definition) is 2. The van der Waals surface area contributed by atoms with Crippen LogP contribution in [0.5, 0.6) is 17.2 Å². The van der Waals surface area contributed by atoms with Gasteiger partial charge in [0.05, 0.1) is 25.7 Å². The molecule has 0 aliphatic carbocycles.